The van der Waals surface area contributed by atoms with Crippen LogP contribution in [0.15, 0.2) is 11.6 Å². The highest BCUT2D eigenvalue weighted by molar-refractivity contribution is 5.79. The van der Waals surface area contributed by atoms with Crippen LogP contribution >= 0.6 is 0 Å². The van der Waals surface area contributed by atoms with E-state index in [1.807, 2.05) is 0 Å². The van der Waals surface area contributed by atoms with E-state index in [2.05, 4.69) is 54.5 Å². The van der Waals surface area contributed by atoms with Crippen LogP contribution in [-0.2, 0) is 14.3 Å². The molecule has 0 aromatic rings. The van der Waals surface area contributed by atoms with Crippen molar-refractivity contribution in [2.75, 3.05) is 26.4 Å². The summed E-state index contributed by atoms with van der Waals surface area (Å²) in [6.07, 6.45) is 10.7. The van der Waals surface area contributed by atoms with Crippen molar-refractivity contribution in [1.29, 1.82) is 0 Å². The molecule has 7 nitrogen and oxygen atoms in total. The first-order valence-electron chi connectivity index (χ1n) is 17.1. The van der Waals surface area contributed by atoms with E-state index in [1.54, 1.807) is 0 Å². The van der Waals surface area contributed by atoms with Crippen molar-refractivity contribution in [3.05, 3.63) is 11.6 Å². The maximum atomic E-state index is 13.9. The zero-order valence-electron chi connectivity index (χ0n) is 28.0. The molecule has 4 N–H and O–H groups in total. The average Bonchev–Trinajstić information content (AvgIpc) is 2.94. The predicted molar refractivity (Wildman–Crippen MR) is 166 cm³/mol. The average molecular weight is 605 g/mol. The third-order valence-corrected chi connectivity index (χ3v) is 14.3. The Morgan fingerprint density at radius 3 is 2.19 bits per heavy atom. The molecule has 5 aliphatic rings. The van der Waals surface area contributed by atoms with E-state index >= 15 is 0 Å². The number of rotatable bonds is 8. The number of allylic oxidation sites excluding steroid dienone is 2. The fourth-order valence-corrected chi connectivity index (χ4v) is 11.5. The first-order valence-corrected chi connectivity index (χ1v) is 17.1. The summed E-state index contributed by atoms with van der Waals surface area (Å²) in [6.45, 7) is 16.4. The molecular formula is C36H60O7. The molecule has 0 spiro atoms. The van der Waals surface area contributed by atoms with Gasteiger partial charge in [-0.05, 0) is 109 Å². The third-order valence-electron chi connectivity index (χ3n) is 14.3. The van der Waals surface area contributed by atoms with E-state index in [-0.39, 0.29) is 64.9 Å². The van der Waals surface area contributed by atoms with Crippen molar-refractivity contribution in [1.82, 2.24) is 0 Å². The van der Waals surface area contributed by atoms with E-state index in [0.29, 0.717) is 11.8 Å². The molecule has 0 aromatic carbocycles. The lowest BCUT2D eigenvalue weighted by Crippen LogP contribution is -2.65. The molecular weight excluding hydrogens is 544 g/mol. The van der Waals surface area contributed by atoms with E-state index < -0.39 is 24.2 Å². The van der Waals surface area contributed by atoms with Gasteiger partial charge in [0.15, 0.2) is 0 Å². The summed E-state index contributed by atoms with van der Waals surface area (Å²) in [4.78, 5) is 13.9. The number of carbonyl (C=O) groups excluding carboxylic acids is 1. The zero-order valence-corrected chi connectivity index (χ0v) is 28.0. The molecule has 4 fully saturated rings. The second kappa shape index (κ2) is 11.4. The second-order valence-corrected chi connectivity index (χ2v) is 17.3. The maximum absolute atomic E-state index is 13.9. The van der Waals surface area contributed by atoms with E-state index in [0.717, 1.165) is 64.2 Å². The summed E-state index contributed by atoms with van der Waals surface area (Å²) in [5, 5.41) is 38.6. The first-order chi connectivity index (χ1) is 20.0. The van der Waals surface area contributed by atoms with Gasteiger partial charge in [0.1, 0.15) is 18.8 Å². The van der Waals surface area contributed by atoms with Crippen LogP contribution in [0.1, 0.15) is 113 Å². The normalized spacial score (nSPS) is 44.5. The van der Waals surface area contributed by atoms with Gasteiger partial charge in [0.2, 0.25) is 0 Å². The number of fused-ring (bicyclic) bond motifs is 7. The first kappa shape index (κ1) is 33.4. The van der Waals surface area contributed by atoms with Crippen LogP contribution in [0.2, 0.25) is 0 Å². The summed E-state index contributed by atoms with van der Waals surface area (Å²) in [5.74, 6) is 0.991. The number of esters is 1. The molecule has 0 bridgehead atoms. The molecule has 0 heterocycles. The van der Waals surface area contributed by atoms with Crippen LogP contribution in [-0.4, -0.2) is 71.1 Å². The van der Waals surface area contributed by atoms with Crippen LogP contribution in [0.25, 0.3) is 0 Å². The highest BCUT2D eigenvalue weighted by Gasteiger charge is 2.69. The smallest absolute Gasteiger partial charge is 0.312 e. The molecule has 0 radical (unpaired) electrons. The third kappa shape index (κ3) is 5.16. The van der Waals surface area contributed by atoms with Crippen LogP contribution < -0.4 is 0 Å². The number of aliphatic hydroxyl groups excluding tert-OH is 4. The lowest BCUT2D eigenvalue weighted by Gasteiger charge is -2.71. The maximum Gasteiger partial charge on any atom is 0.312 e. The van der Waals surface area contributed by atoms with Crippen LogP contribution in [0.4, 0.5) is 0 Å². The van der Waals surface area contributed by atoms with Crippen molar-refractivity contribution < 1.29 is 34.7 Å². The highest BCUT2D eigenvalue weighted by atomic mass is 16.5. The number of hydrogen-bond acceptors (Lipinski definition) is 7. The standard InChI is InChI=1S/C36H60O7/c1-31(2)14-16-36(30(41)43-22-24(40)20-38)17-15-34(6)25(26(36)18-31)8-9-28-33(5)12-11-29(42-21-23(39)19-37)32(3,4)27(33)10-13-35(28,34)7/h8,23-24,26-29,37-40H,9-22H2,1-7H3/t23?,24?,26-,27-,28+,29-,33-,34+,35+,36-/m0/s1. The monoisotopic (exact) mass is 604 g/mol. The Kier molecular flexibility index (Phi) is 8.82. The minimum atomic E-state index is -1.04. The van der Waals surface area contributed by atoms with E-state index in [1.165, 1.54) is 5.57 Å². The van der Waals surface area contributed by atoms with Crippen LogP contribution in [0.3, 0.4) is 0 Å². The molecule has 0 aliphatic heterocycles. The van der Waals surface area contributed by atoms with Crippen LogP contribution in [0, 0.1) is 50.2 Å². The number of hydrogen-bond donors (Lipinski definition) is 4. The fourth-order valence-electron chi connectivity index (χ4n) is 11.5. The topological polar surface area (TPSA) is 116 Å². The van der Waals surface area contributed by atoms with E-state index in [4.69, 9.17) is 9.47 Å². The molecule has 4 saturated carbocycles. The molecule has 43 heavy (non-hydrogen) atoms. The lowest BCUT2D eigenvalue weighted by molar-refractivity contribution is -0.216. The molecule has 7 heteroatoms. The SMILES string of the molecule is CC1(C)CC[C@]2(C(=O)OCC(O)CO)CC[C@]3(C)C(=CC[C@@H]4[C@@]5(C)CC[C@H](OCC(O)CO)C(C)(C)[C@@H]5CC[C@]43C)[C@@H]2C1. The summed E-state index contributed by atoms with van der Waals surface area (Å²) >= 11 is 0. The Hall–Kier alpha value is -0.990. The number of carbonyl (C=O) groups is 1. The van der Waals surface area contributed by atoms with Gasteiger partial charge in [-0.1, -0.05) is 60.1 Å². The van der Waals surface area contributed by atoms with Crippen molar-refractivity contribution in [2.24, 2.45) is 50.2 Å². The van der Waals surface area contributed by atoms with Gasteiger partial charge in [0.25, 0.3) is 0 Å². The Balaban J connectivity index is 1.47. The molecule has 5 rings (SSSR count). The number of ether oxygens (including phenoxy) is 2. The molecule has 10 atom stereocenters. The van der Waals surface area contributed by atoms with Gasteiger partial charge in [0.05, 0.1) is 31.3 Å². The van der Waals surface area contributed by atoms with Crippen molar-refractivity contribution in [2.45, 2.75) is 131 Å². The largest absolute Gasteiger partial charge is 0.462 e. The summed E-state index contributed by atoms with van der Waals surface area (Å²) in [5.41, 5.74) is 1.32. The Labute approximate surface area is 259 Å². The minimum absolute atomic E-state index is 0.000890. The summed E-state index contributed by atoms with van der Waals surface area (Å²) < 4.78 is 12.0. The Morgan fingerprint density at radius 2 is 1.51 bits per heavy atom. The predicted octanol–water partition coefficient (Wildman–Crippen LogP) is 5.42. The summed E-state index contributed by atoms with van der Waals surface area (Å²) in [7, 11) is 0. The number of aliphatic hydroxyl groups is 4. The van der Waals surface area contributed by atoms with Gasteiger partial charge in [-0.2, -0.15) is 0 Å². The van der Waals surface area contributed by atoms with Gasteiger partial charge in [-0.25, -0.2) is 0 Å². The molecule has 0 saturated heterocycles. The second-order valence-electron chi connectivity index (χ2n) is 17.3. The van der Waals surface area contributed by atoms with Crippen LogP contribution in [0.5, 0.6) is 0 Å². The molecule has 0 aromatic heterocycles. The molecule has 0 amide bonds. The quantitative estimate of drug-likeness (QED) is 0.216. The Morgan fingerprint density at radius 1 is 0.860 bits per heavy atom. The van der Waals surface area contributed by atoms with Gasteiger partial charge < -0.3 is 29.9 Å². The van der Waals surface area contributed by atoms with Gasteiger partial charge >= 0.3 is 5.97 Å². The lowest BCUT2D eigenvalue weighted by atomic mass is 9.33. The molecule has 2 unspecified atom stereocenters. The fraction of sp³-hybridized carbons (Fsp3) is 0.917. The van der Waals surface area contributed by atoms with Gasteiger partial charge in [-0.3, -0.25) is 4.79 Å². The Bertz CT molecular complexity index is 1080. The van der Waals surface area contributed by atoms with Crippen molar-refractivity contribution in [3.8, 4) is 0 Å². The van der Waals surface area contributed by atoms with Gasteiger partial charge in [-0.15, -0.1) is 0 Å². The molecule has 5 aliphatic carbocycles. The van der Waals surface area contributed by atoms with Gasteiger partial charge in [0, 0.05) is 0 Å². The zero-order chi connectivity index (χ0) is 31.6. The molecule has 246 valence electrons. The van der Waals surface area contributed by atoms with Crippen molar-refractivity contribution in [3.63, 3.8) is 0 Å². The minimum Gasteiger partial charge on any atom is -0.462 e. The summed E-state index contributed by atoms with van der Waals surface area (Å²) in [6, 6.07) is 0. The van der Waals surface area contributed by atoms with Crippen molar-refractivity contribution >= 4 is 5.97 Å². The van der Waals surface area contributed by atoms with E-state index in [9.17, 15) is 25.2 Å². The highest BCUT2D eigenvalue weighted by Crippen LogP contribution is 2.76.